The summed E-state index contributed by atoms with van der Waals surface area (Å²) in [6.45, 7) is 5.61. The highest BCUT2D eigenvalue weighted by molar-refractivity contribution is 5.77. The summed E-state index contributed by atoms with van der Waals surface area (Å²) in [5.41, 5.74) is 0.769. The number of aryl methyl sites for hydroxylation is 1. The van der Waals surface area contributed by atoms with Crippen molar-refractivity contribution < 1.29 is 14.1 Å². The molecule has 0 aliphatic carbocycles. The number of ether oxygens (including phenoxy) is 1. The van der Waals surface area contributed by atoms with Gasteiger partial charge in [-0.15, -0.1) is 6.58 Å². The number of rotatable bonds is 6. The van der Waals surface area contributed by atoms with Gasteiger partial charge in [0.15, 0.2) is 6.61 Å². The molecule has 0 fully saturated rings. The lowest BCUT2D eigenvalue weighted by Gasteiger charge is -2.06. The van der Waals surface area contributed by atoms with Gasteiger partial charge in [-0.2, -0.15) is 4.98 Å². The van der Waals surface area contributed by atoms with E-state index < -0.39 is 0 Å². The van der Waals surface area contributed by atoms with Gasteiger partial charge in [0.25, 0.3) is 5.91 Å². The minimum absolute atomic E-state index is 0.0530. The molecule has 0 saturated carbocycles. The highest BCUT2D eigenvalue weighted by atomic mass is 16.5. The lowest BCUT2D eigenvalue weighted by atomic mass is 10.2. The lowest BCUT2D eigenvalue weighted by Crippen LogP contribution is -2.28. The Morgan fingerprint density at radius 3 is 3.10 bits per heavy atom. The first kappa shape index (κ1) is 13.8. The maximum absolute atomic E-state index is 11.4. The van der Waals surface area contributed by atoms with Crippen molar-refractivity contribution in [2.24, 2.45) is 0 Å². The van der Waals surface area contributed by atoms with Crippen molar-refractivity contribution in [2.75, 3.05) is 13.2 Å². The first-order valence-electron chi connectivity index (χ1n) is 6.10. The zero-order chi connectivity index (χ0) is 14.4. The molecule has 6 heteroatoms. The third-order valence-corrected chi connectivity index (χ3v) is 2.43. The van der Waals surface area contributed by atoms with Crippen molar-refractivity contribution >= 4 is 5.91 Å². The van der Waals surface area contributed by atoms with Gasteiger partial charge in [-0.1, -0.05) is 23.4 Å². The molecule has 0 atom stereocenters. The number of benzene rings is 1. The van der Waals surface area contributed by atoms with E-state index in [0.717, 1.165) is 5.56 Å². The Kier molecular flexibility index (Phi) is 4.49. The largest absolute Gasteiger partial charge is 0.484 e. The van der Waals surface area contributed by atoms with E-state index in [-0.39, 0.29) is 12.5 Å². The van der Waals surface area contributed by atoms with E-state index in [1.165, 1.54) is 0 Å². The molecule has 1 amide bonds. The van der Waals surface area contributed by atoms with Crippen LogP contribution in [0.4, 0.5) is 0 Å². The Balaban J connectivity index is 1.99. The van der Waals surface area contributed by atoms with Crippen molar-refractivity contribution in [1.82, 2.24) is 15.5 Å². The van der Waals surface area contributed by atoms with Gasteiger partial charge in [0.1, 0.15) is 5.75 Å². The number of carbonyl (C=O) groups is 1. The molecule has 0 saturated heterocycles. The summed E-state index contributed by atoms with van der Waals surface area (Å²) >= 11 is 0. The van der Waals surface area contributed by atoms with Gasteiger partial charge in [0.2, 0.25) is 11.7 Å². The number of nitrogens with one attached hydrogen (secondary N) is 1. The Bertz CT molecular complexity index is 607. The monoisotopic (exact) mass is 273 g/mol. The summed E-state index contributed by atoms with van der Waals surface area (Å²) in [5, 5.41) is 6.46. The molecule has 0 aliphatic rings. The number of hydrogen-bond donors (Lipinski definition) is 1. The van der Waals surface area contributed by atoms with Crippen LogP contribution in [0, 0.1) is 6.92 Å². The molecule has 6 nitrogen and oxygen atoms in total. The molecule has 104 valence electrons. The Morgan fingerprint density at radius 2 is 2.40 bits per heavy atom. The summed E-state index contributed by atoms with van der Waals surface area (Å²) in [5.74, 6) is 1.35. The van der Waals surface area contributed by atoms with Crippen LogP contribution in [-0.4, -0.2) is 29.2 Å². The molecule has 1 heterocycles. The first-order chi connectivity index (χ1) is 9.69. The number of aromatic nitrogens is 2. The molecule has 0 spiro atoms. The quantitative estimate of drug-likeness (QED) is 0.811. The van der Waals surface area contributed by atoms with Gasteiger partial charge in [0.05, 0.1) is 0 Å². The number of hydrogen-bond acceptors (Lipinski definition) is 5. The average molecular weight is 273 g/mol. The van der Waals surface area contributed by atoms with E-state index in [2.05, 4.69) is 22.0 Å². The van der Waals surface area contributed by atoms with E-state index >= 15 is 0 Å². The van der Waals surface area contributed by atoms with E-state index in [0.29, 0.717) is 24.0 Å². The van der Waals surface area contributed by atoms with Gasteiger partial charge in [-0.25, -0.2) is 0 Å². The van der Waals surface area contributed by atoms with E-state index in [4.69, 9.17) is 9.26 Å². The number of carbonyl (C=O) groups excluding carboxylic acids is 1. The minimum Gasteiger partial charge on any atom is -0.484 e. The van der Waals surface area contributed by atoms with Crippen LogP contribution in [0.15, 0.2) is 41.4 Å². The zero-order valence-electron chi connectivity index (χ0n) is 11.1. The Labute approximate surface area is 116 Å². The molecular formula is C14H15N3O3. The summed E-state index contributed by atoms with van der Waals surface area (Å²) in [4.78, 5) is 15.5. The minimum atomic E-state index is -0.203. The fourth-order valence-electron chi connectivity index (χ4n) is 1.53. The SMILES string of the molecule is C=CCNC(=O)COc1cccc(-c2noc(C)n2)c1. The summed E-state index contributed by atoms with van der Waals surface area (Å²) in [6.07, 6.45) is 1.61. The Hall–Kier alpha value is -2.63. The predicted octanol–water partition coefficient (Wildman–Crippen LogP) is 1.73. The second kappa shape index (κ2) is 6.51. The smallest absolute Gasteiger partial charge is 0.258 e. The molecular weight excluding hydrogens is 258 g/mol. The van der Waals surface area contributed by atoms with E-state index in [9.17, 15) is 4.79 Å². The average Bonchev–Trinajstić information content (AvgIpc) is 2.90. The maximum Gasteiger partial charge on any atom is 0.258 e. The highest BCUT2D eigenvalue weighted by Gasteiger charge is 2.07. The normalized spacial score (nSPS) is 10.1. The van der Waals surface area contributed by atoms with Crippen LogP contribution >= 0.6 is 0 Å². The third-order valence-electron chi connectivity index (χ3n) is 2.43. The van der Waals surface area contributed by atoms with Crippen molar-refractivity contribution in [3.8, 4) is 17.1 Å². The van der Waals surface area contributed by atoms with Crippen LogP contribution in [0.3, 0.4) is 0 Å². The summed E-state index contributed by atoms with van der Waals surface area (Å²) < 4.78 is 10.3. The standard InChI is InChI=1S/C14H15N3O3/c1-3-7-15-13(18)9-19-12-6-4-5-11(8-12)14-16-10(2)20-17-14/h3-6,8H,1,7,9H2,2H3,(H,15,18). The van der Waals surface area contributed by atoms with Gasteiger partial charge in [0, 0.05) is 19.0 Å². The van der Waals surface area contributed by atoms with Gasteiger partial charge >= 0.3 is 0 Å². The van der Waals surface area contributed by atoms with Gasteiger partial charge in [-0.05, 0) is 12.1 Å². The van der Waals surface area contributed by atoms with E-state index in [1.807, 2.05) is 6.07 Å². The molecule has 1 aromatic heterocycles. The van der Waals surface area contributed by atoms with Crippen molar-refractivity contribution in [2.45, 2.75) is 6.92 Å². The van der Waals surface area contributed by atoms with Gasteiger partial charge in [-0.3, -0.25) is 4.79 Å². The van der Waals surface area contributed by atoms with Crippen molar-refractivity contribution in [1.29, 1.82) is 0 Å². The van der Waals surface area contributed by atoms with Crippen LogP contribution in [-0.2, 0) is 4.79 Å². The molecule has 2 rings (SSSR count). The molecule has 2 aromatic rings. The lowest BCUT2D eigenvalue weighted by molar-refractivity contribution is -0.122. The van der Waals surface area contributed by atoms with Crippen LogP contribution in [0.5, 0.6) is 5.75 Å². The fraction of sp³-hybridized carbons (Fsp3) is 0.214. The third kappa shape index (κ3) is 3.68. The van der Waals surface area contributed by atoms with Crippen LogP contribution in [0.25, 0.3) is 11.4 Å². The molecule has 1 aromatic carbocycles. The predicted molar refractivity (Wildman–Crippen MR) is 73.2 cm³/mol. The second-order valence-electron chi connectivity index (χ2n) is 4.05. The van der Waals surface area contributed by atoms with Crippen molar-refractivity contribution in [3.63, 3.8) is 0 Å². The molecule has 0 unspecified atom stereocenters. The maximum atomic E-state index is 11.4. The van der Waals surface area contributed by atoms with Crippen LogP contribution < -0.4 is 10.1 Å². The molecule has 0 aliphatic heterocycles. The van der Waals surface area contributed by atoms with Crippen LogP contribution in [0.2, 0.25) is 0 Å². The molecule has 1 N–H and O–H groups in total. The summed E-state index contributed by atoms with van der Waals surface area (Å²) in [7, 11) is 0. The first-order valence-corrected chi connectivity index (χ1v) is 6.10. The Morgan fingerprint density at radius 1 is 1.55 bits per heavy atom. The molecule has 0 bridgehead atoms. The summed E-state index contributed by atoms with van der Waals surface area (Å²) in [6, 6.07) is 7.16. The zero-order valence-corrected chi connectivity index (χ0v) is 11.1. The van der Waals surface area contributed by atoms with E-state index in [1.54, 1.807) is 31.2 Å². The van der Waals surface area contributed by atoms with Crippen LogP contribution in [0.1, 0.15) is 5.89 Å². The topological polar surface area (TPSA) is 77.2 Å². The molecule has 20 heavy (non-hydrogen) atoms. The van der Waals surface area contributed by atoms with Gasteiger partial charge < -0.3 is 14.6 Å². The number of nitrogens with zero attached hydrogens (tertiary/aromatic N) is 2. The van der Waals surface area contributed by atoms with Crippen molar-refractivity contribution in [3.05, 3.63) is 42.8 Å². The number of amides is 1. The fourth-order valence-corrected chi connectivity index (χ4v) is 1.53. The second-order valence-corrected chi connectivity index (χ2v) is 4.05. The molecule has 0 radical (unpaired) electrons. The highest BCUT2D eigenvalue weighted by Crippen LogP contribution is 2.21.